The molecular weight excluding hydrogens is 186 g/mol. The van der Waals surface area contributed by atoms with Crippen molar-refractivity contribution in [1.29, 1.82) is 0 Å². The van der Waals surface area contributed by atoms with Crippen molar-refractivity contribution >= 4 is 11.6 Å². The molecule has 0 bridgehead atoms. The first-order chi connectivity index (χ1) is 6.13. The van der Waals surface area contributed by atoms with Gasteiger partial charge in [-0.25, -0.2) is 0 Å². The lowest BCUT2D eigenvalue weighted by atomic mass is 9.93. The second-order valence-electron chi connectivity index (χ2n) is 4.28. The van der Waals surface area contributed by atoms with Gasteiger partial charge in [-0.3, -0.25) is 4.90 Å². The molecule has 0 amide bonds. The minimum Gasteiger partial charge on any atom is -0.391 e. The Hall–Kier alpha value is 0.210. The minimum absolute atomic E-state index is 0.346. The smallest absolute Gasteiger partial charge is 0.0802 e. The van der Waals surface area contributed by atoms with Crippen molar-refractivity contribution in [1.82, 2.24) is 4.90 Å². The third-order valence-corrected chi connectivity index (χ3v) is 3.26. The Morgan fingerprint density at radius 2 is 2.23 bits per heavy atom. The molecule has 1 fully saturated rings. The van der Waals surface area contributed by atoms with Crippen LogP contribution in [0.2, 0.25) is 0 Å². The summed E-state index contributed by atoms with van der Waals surface area (Å²) in [5.41, 5.74) is 0. The van der Waals surface area contributed by atoms with Gasteiger partial charge < -0.3 is 5.11 Å². The van der Waals surface area contributed by atoms with E-state index < -0.39 is 0 Å². The Labute approximate surface area is 85.9 Å². The predicted molar refractivity (Wildman–Crippen MR) is 56.2 cm³/mol. The average molecular weight is 206 g/mol. The number of aliphatic hydroxyl groups excluding tert-OH is 1. The minimum atomic E-state index is -0.363. The summed E-state index contributed by atoms with van der Waals surface area (Å²) in [7, 11) is 0. The van der Waals surface area contributed by atoms with E-state index >= 15 is 0 Å². The molecule has 1 heterocycles. The fourth-order valence-corrected chi connectivity index (χ4v) is 2.14. The molecule has 1 aliphatic heterocycles. The van der Waals surface area contributed by atoms with Crippen LogP contribution in [0.5, 0.6) is 0 Å². The number of piperidine rings is 1. The Morgan fingerprint density at radius 1 is 1.54 bits per heavy atom. The van der Waals surface area contributed by atoms with Crippen molar-refractivity contribution in [3.8, 4) is 0 Å². The maximum Gasteiger partial charge on any atom is 0.0802 e. The van der Waals surface area contributed by atoms with Gasteiger partial charge in [-0.05, 0) is 32.2 Å². The number of aliphatic hydroxyl groups is 1. The SMILES string of the molecule is CC1CCN(CC(O)CCl)C(C)C1. The van der Waals surface area contributed by atoms with Gasteiger partial charge in [0.1, 0.15) is 0 Å². The van der Waals surface area contributed by atoms with Crippen molar-refractivity contribution in [3.05, 3.63) is 0 Å². The van der Waals surface area contributed by atoms with E-state index in [0.717, 1.165) is 19.0 Å². The van der Waals surface area contributed by atoms with E-state index in [1.807, 2.05) is 0 Å². The number of nitrogens with zero attached hydrogens (tertiary/aromatic N) is 1. The average Bonchev–Trinajstić information content (AvgIpc) is 2.09. The Kier molecular flexibility index (Phi) is 4.50. The van der Waals surface area contributed by atoms with E-state index in [0.29, 0.717) is 11.9 Å². The van der Waals surface area contributed by atoms with E-state index in [-0.39, 0.29) is 6.10 Å². The highest BCUT2D eigenvalue weighted by Gasteiger charge is 2.23. The maximum absolute atomic E-state index is 9.42. The highest BCUT2D eigenvalue weighted by molar-refractivity contribution is 6.18. The summed E-state index contributed by atoms with van der Waals surface area (Å²) >= 11 is 5.57. The fourth-order valence-electron chi connectivity index (χ4n) is 2.05. The van der Waals surface area contributed by atoms with Gasteiger partial charge in [0.15, 0.2) is 0 Å². The van der Waals surface area contributed by atoms with Crippen molar-refractivity contribution < 1.29 is 5.11 Å². The number of hydrogen-bond donors (Lipinski definition) is 1. The molecule has 0 aliphatic carbocycles. The van der Waals surface area contributed by atoms with Crippen LogP contribution in [0.15, 0.2) is 0 Å². The lowest BCUT2D eigenvalue weighted by Crippen LogP contribution is -2.44. The third kappa shape index (κ3) is 3.45. The lowest BCUT2D eigenvalue weighted by molar-refractivity contribution is 0.0701. The van der Waals surface area contributed by atoms with Crippen LogP contribution in [0.3, 0.4) is 0 Å². The van der Waals surface area contributed by atoms with E-state index in [1.165, 1.54) is 12.8 Å². The molecule has 13 heavy (non-hydrogen) atoms. The largest absolute Gasteiger partial charge is 0.391 e. The van der Waals surface area contributed by atoms with Gasteiger partial charge in [0.25, 0.3) is 0 Å². The van der Waals surface area contributed by atoms with Crippen LogP contribution < -0.4 is 0 Å². The summed E-state index contributed by atoms with van der Waals surface area (Å²) in [6.07, 6.45) is 2.13. The molecule has 1 aliphatic rings. The summed E-state index contributed by atoms with van der Waals surface area (Å²) in [6.45, 7) is 6.37. The van der Waals surface area contributed by atoms with Crippen LogP contribution in [0.25, 0.3) is 0 Å². The summed E-state index contributed by atoms with van der Waals surface area (Å²) in [4.78, 5) is 2.34. The monoisotopic (exact) mass is 205 g/mol. The molecule has 2 nitrogen and oxygen atoms in total. The first-order valence-corrected chi connectivity index (χ1v) is 5.65. The maximum atomic E-state index is 9.42. The predicted octanol–water partition coefficient (Wildman–Crippen LogP) is 1.71. The summed E-state index contributed by atoms with van der Waals surface area (Å²) in [6, 6.07) is 0.599. The highest BCUT2D eigenvalue weighted by Crippen LogP contribution is 2.21. The van der Waals surface area contributed by atoms with Crippen molar-refractivity contribution in [2.24, 2.45) is 5.92 Å². The second-order valence-corrected chi connectivity index (χ2v) is 4.59. The number of β-amino-alcohol motifs (C(OH)–C–C–N with tert-alkyl or cyclic N) is 1. The van der Waals surface area contributed by atoms with Crippen LogP contribution in [0.4, 0.5) is 0 Å². The summed E-state index contributed by atoms with van der Waals surface area (Å²) < 4.78 is 0. The normalized spacial score (nSPS) is 33.2. The molecule has 0 saturated carbocycles. The molecule has 3 heteroatoms. The van der Waals surface area contributed by atoms with Crippen molar-refractivity contribution in [2.45, 2.75) is 38.8 Å². The first kappa shape index (κ1) is 11.3. The summed E-state index contributed by atoms with van der Waals surface area (Å²) in [5, 5.41) is 9.42. The number of likely N-dealkylation sites (tertiary alicyclic amines) is 1. The topological polar surface area (TPSA) is 23.5 Å². The highest BCUT2D eigenvalue weighted by atomic mass is 35.5. The second kappa shape index (κ2) is 5.18. The number of halogens is 1. The van der Waals surface area contributed by atoms with Gasteiger partial charge in [0.05, 0.1) is 6.10 Å². The number of hydrogen-bond acceptors (Lipinski definition) is 2. The van der Waals surface area contributed by atoms with E-state index in [4.69, 9.17) is 11.6 Å². The molecular formula is C10H20ClNO. The zero-order valence-electron chi connectivity index (χ0n) is 8.54. The zero-order chi connectivity index (χ0) is 9.84. The Morgan fingerprint density at radius 3 is 2.77 bits per heavy atom. The molecule has 0 aromatic heterocycles. The van der Waals surface area contributed by atoms with Crippen molar-refractivity contribution in [3.63, 3.8) is 0 Å². The van der Waals surface area contributed by atoms with Gasteiger partial charge in [-0.1, -0.05) is 6.92 Å². The van der Waals surface area contributed by atoms with Gasteiger partial charge in [-0.15, -0.1) is 11.6 Å². The quantitative estimate of drug-likeness (QED) is 0.710. The van der Waals surface area contributed by atoms with Gasteiger partial charge >= 0.3 is 0 Å². The molecule has 0 spiro atoms. The molecule has 3 atom stereocenters. The van der Waals surface area contributed by atoms with Gasteiger partial charge in [0, 0.05) is 18.5 Å². The van der Waals surface area contributed by atoms with E-state index in [1.54, 1.807) is 0 Å². The van der Waals surface area contributed by atoms with Gasteiger partial charge in [-0.2, -0.15) is 0 Å². The van der Waals surface area contributed by atoms with E-state index in [2.05, 4.69) is 18.7 Å². The first-order valence-electron chi connectivity index (χ1n) is 5.11. The molecule has 1 saturated heterocycles. The molecule has 0 aromatic rings. The molecule has 3 unspecified atom stereocenters. The molecule has 78 valence electrons. The van der Waals surface area contributed by atoms with Crippen LogP contribution >= 0.6 is 11.6 Å². The third-order valence-electron chi connectivity index (χ3n) is 2.90. The lowest BCUT2D eigenvalue weighted by Gasteiger charge is -2.37. The number of alkyl halides is 1. The molecule has 0 aromatic carbocycles. The Bertz CT molecular complexity index is 154. The van der Waals surface area contributed by atoms with Crippen LogP contribution in [0, 0.1) is 5.92 Å². The molecule has 1 rings (SSSR count). The zero-order valence-corrected chi connectivity index (χ0v) is 9.30. The fraction of sp³-hybridized carbons (Fsp3) is 1.00. The van der Waals surface area contributed by atoms with Crippen LogP contribution in [-0.4, -0.2) is 41.1 Å². The van der Waals surface area contributed by atoms with E-state index in [9.17, 15) is 5.11 Å². The standard InChI is InChI=1S/C10H20ClNO/c1-8-3-4-12(9(2)5-8)7-10(13)6-11/h8-10,13H,3-7H2,1-2H3. The molecule has 0 radical (unpaired) electrons. The van der Waals surface area contributed by atoms with Crippen molar-refractivity contribution in [2.75, 3.05) is 19.0 Å². The Balaban J connectivity index is 2.33. The summed E-state index contributed by atoms with van der Waals surface area (Å²) in [5.74, 6) is 1.18. The number of rotatable bonds is 3. The van der Waals surface area contributed by atoms with Crippen LogP contribution in [-0.2, 0) is 0 Å². The van der Waals surface area contributed by atoms with Crippen LogP contribution in [0.1, 0.15) is 26.7 Å². The molecule has 1 N–H and O–H groups in total. The van der Waals surface area contributed by atoms with Gasteiger partial charge in [0.2, 0.25) is 0 Å².